The van der Waals surface area contributed by atoms with Gasteiger partial charge in [0.1, 0.15) is 6.42 Å². The van der Waals surface area contributed by atoms with E-state index in [1.165, 1.54) is 32.1 Å². The topological polar surface area (TPSA) is 76.4 Å². The van der Waals surface area contributed by atoms with Gasteiger partial charge in [-0.25, -0.2) is 4.79 Å². The minimum Gasteiger partial charge on any atom is -0.465 e. The van der Waals surface area contributed by atoms with E-state index >= 15 is 0 Å². The van der Waals surface area contributed by atoms with Gasteiger partial charge in [0, 0.05) is 5.57 Å². The standard InChI is InChI=1S/C19H31NO4/c1-17(2)19(22)24-16-12-10-8-6-4-3-5-7-9-11-15-23-18(21)13-14-20/h1,3-13,15-16H2,2H3. The number of nitrogens with zero attached hydrogens (tertiary/aromatic N) is 1. The molecule has 0 aliphatic rings. The van der Waals surface area contributed by atoms with E-state index in [-0.39, 0.29) is 12.4 Å². The molecule has 0 heterocycles. The maximum Gasteiger partial charge on any atom is 0.333 e. The third-order valence-electron chi connectivity index (χ3n) is 3.61. The van der Waals surface area contributed by atoms with Crippen LogP contribution in [-0.4, -0.2) is 25.2 Å². The van der Waals surface area contributed by atoms with Crippen molar-refractivity contribution in [1.29, 1.82) is 5.26 Å². The Morgan fingerprint density at radius 2 is 1.25 bits per heavy atom. The normalized spacial score (nSPS) is 10.0. The molecule has 0 spiro atoms. The minimum absolute atomic E-state index is 0.156. The lowest BCUT2D eigenvalue weighted by Gasteiger charge is -2.05. The van der Waals surface area contributed by atoms with Crippen LogP contribution >= 0.6 is 0 Å². The van der Waals surface area contributed by atoms with Gasteiger partial charge in [-0.1, -0.05) is 57.9 Å². The summed E-state index contributed by atoms with van der Waals surface area (Å²) in [7, 11) is 0. The van der Waals surface area contributed by atoms with Crippen molar-refractivity contribution in [2.24, 2.45) is 0 Å². The van der Waals surface area contributed by atoms with Crippen LogP contribution in [0.15, 0.2) is 12.2 Å². The van der Waals surface area contributed by atoms with Crippen LogP contribution in [0.2, 0.25) is 0 Å². The maximum atomic E-state index is 11.1. The monoisotopic (exact) mass is 337 g/mol. The first kappa shape index (κ1) is 22.2. The molecule has 0 bridgehead atoms. The summed E-state index contributed by atoms with van der Waals surface area (Å²) < 4.78 is 9.94. The second-order valence-corrected chi connectivity index (χ2v) is 6.01. The number of esters is 2. The predicted octanol–water partition coefficient (Wildman–Crippen LogP) is 4.46. The first-order chi connectivity index (χ1) is 11.6. The largest absolute Gasteiger partial charge is 0.465 e. The van der Waals surface area contributed by atoms with Gasteiger partial charge in [0.15, 0.2) is 0 Å². The smallest absolute Gasteiger partial charge is 0.333 e. The Hall–Kier alpha value is -1.83. The van der Waals surface area contributed by atoms with Crippen LogP contribution in [0.4, 0.5) is 0 Å². The average Bonchev–Trinajstić information content (AvgIpc) is 2.55. The Morgan fingerprint density at radius 1 is 0.833 bits per heavy atom. The molecule has 0 N–H and O–H groups in total. The molecule has 0 amide bonds. The number of nitriles is 1. The fraction of sp³-hybridized carbons (Fsp3) is 0.737. The molecule has 0 saturated carbocycles. The van der Waals surface area contributed by atoms with Gasteiger partial charge < -0.3 is 9.47 Å². The SMILES string of the molecule is C=C(C)C(=O)OCCCCCCCCCCCCOC(=O)CC#N. The second kappa shape index (κ2) is 16.0. The number of hydrogen-bond donors (Lipinski definition) is 0. The Labute approximate surface area is 146 Å². The Bertz CT molecular complexity index is 412. The molecule has 0 fully saturated rings. The first-order valence-electron chi connectivity index (χ1n) is 8.93. The Kier molecular flexibility index (Phi) is 14.8. The lowest BCUT2D eigenvalue weighted by molar-refractivity contribution is -0.142. The van der Waals surface area contributed by atoms with Crippen LogP contribution in [0.25, 0.3) is 0 Å². The first-order valence-corrected chi connectivity index (χ1v) is 8.93. The predicted molar refractivity (Wildman–Crippen MR) is 93.1 cm³/mol. The van der Waals surface area contributed by atoms with E-state index < -0.39 is 5.97 Å². The molecule has 0 aromatic heterocycles. The van der Waals surface area contributed by atoms with Gasteiger partial charge in [0.2, 0.25) is 0 Å². The molecule has 0 radical (unpaired) electrons. The summed E-state index contributed by atoms with van der Waals surface area (Å²) in [6.45, 7) is 6.12. The van der Waals surface area contributed by atoms with E-state index in [0.29, 0.717) is 18.8 Å². The molecular weight excluding hydrogens is 306 g/mol. The Morgan fingerprint density at radius 3 is 1.67 bits per heavy atom. The van der Waals surface area contributed by atoms with Crippen molar-refractivity contribution in [2.75, 3.05) is 13.2 Å². The van der Waals surface area contributed by atoms with Crippen molar-refractivity contribution in [1.82, 2.24) is 0 Å². The molecule has 0 aromatic rings. The van der Waals surface area contributed by atoms with Crippen molar-refractivity contribution in [3.05, 3.63) is 12.2 Å². The maximum absolute atomic E-state index is 11.1. The quantitative estimate of drug-likeness (QED) is 0.250. The summed E-state index contributed by atoms with van der Waals surface area (Å²) in [5.74, 6) is -0.721. The Balaban J connectivity index is 3.15. The number of ether oxygens (including phenoxy) is 2. The van der Waals surface area contributed by atoms with Crippen LogP contribution in [0, 0.1) is 11.3 Å². The van der Waals surface area contributed by atoms with E-state index in [1.54, 1.807) is 13.0 Å². The molecule has 0 aliphatic heterocycles. The van der Waals surface area contributed by atoms with E-state index in [4.69, 9.17) is 14.7 Å². The zero-order valence-electron chi connectivity index (χ0n) is 15.0. The van der Waals surface area contributed by atoms with Crippen molar-refractivity contribution < 1.29 is 19.1 Å². The van der Waals surface area contributed by atoms with Gasteiger partial charge in [0.05, 0.1) is 19.3 Å². The fourth-order valence-electron chi connectivity index (χ4n) is 2.21. The molecule has 136 valence electrons. The molecule has 0 aliphatic carbocycles. The number of hydrogen-bond acceptors (Lipinski definition) is 5. The van der Waals surface area contributed by atoms with Crippen LogP contribution in [0.1, 0.15) is 77.6 Å². The highest BCUT2D eigenvalue weighted by atomic mass is 16.5. The van der Waals surface area contributed by atoms with Gasteiger partial charge in [0.25, 0.3) is 0 Å². The highest BCUT2D eigenvalue weighted by Crippen LogP contribution is 2.11. The summed E-state index contributed by atoms with van der Waals surface area (Å²) in [6, 6.07) is 1.77. The van der Waals surface area contributed by atoms with Gasteiger partial charge in [-0.2, -0.15) is 5.26 Å². The number of carbonyl (C=O) groups excluding carboxylic acids is 2. The third-order valence-corrected chi connectivity index (χ3v) is 3.61. The zero-order chi connectivity index (χ0) is 18.0. The summed E-state index contributed by atoms with van der Waals surface area (Å²) in [5, 5.41) is 8.31. The van der Waals surface area contributed by atoms with Gasteiger partial charge >= 0.3 is 11.9 Å². The lowest BCUT2D eigenvalue weighted by Crippen LogP contribution is -2.05. The molecule has 0 unspecified atom stereocenters. The number of unbranched alkanes of at least 4 members (excludes halogenated alkanes) is 9. The zero-order valence-corrected chi connectivity index (χ0v) is 15.0. The highest BCUT2D eigenvalue weighted by molar-refractivity contribution is 5.86. The molecule has 24 heavy (non-hydrogen) atoms. The second-order valence-electron chi connectivity index (χ2n) is 6.01. The fourth-order valence-corrected chi connectivity index (χ4v) is 2.21. The number of carbonyl (C=O) groups is 2. The molecular formula is C19H31NO4. The van der Waals surface area contributed by atoms with Crippen LogP contribution in [0.5, 0.6) is 0 Å². The summed E-state index contributed by atoms with van der Waals surface area (Å²) in [4.78, 5) is 22.1. The van der Waals surface area contributed by atoms with Crippen molar-refractivity contribution >= 4 is 11.9 Å². The van der Waals surface area contributed by atoms with Crippen molar-refractivity contribution in [3.63, 3.8) is 0 Å². The molecule has 5 heteroatoms. The van der Waals surface area contributed by atoms with Gasteiger partial charge in [-0.15, -0.1) is 0 Å². The van der Waals surface area contributed by atoms with Gasteiger partial charge in [-0.3, -0.25) is 4.79 Å². The van der Waals surface area contributed by atoms with Crippen LogP contribution in [-0.2, 0) is 19.1 Å². The minimum atomic E-state index is -0.424. The summed E-state index contributed by atoms with van der Waals surface area (Å²) in [6.07, 6.45) is 11.0. The average molecular weight is 337 g/mol. The van der Waals surface area contributed by atoms with E-state index in [1.807, 2.05) is 0 Å². The van der Waals surface area contributed by atoms with Crippen LogP contribution in [0.3, 0.4) is 0 Å². The van der Waals surface area contributed by atoms with E-state index in [0.717, 1.165) is 32.1 Å². The molecule has 0 saturated heterocycles. The van der Waals surface area contributed by atoms with Gasteiger partial charge in [-0.05, 0) is 19.8 Å². The molecule has 5 nitrogen and oxygen atoms in total. The highest BCUT2D eigenvalue weighted by Gasteiger charge is 2.02. The third kappa shape index (κ3) is 15.1. The van der Waals surface area contributed by atoms with Crippen molar-refractivity contribution in [2.45, 2.75) is 77.6 Å². The summed E-state index contributed by atoms with van der Waals surface area (Å²) in [5.41, 5.74) is 0.454. The lowest BCUT2D eigenvalue weighted by atomic mass is 10.1. The molecule has 0 rings (SSSR count). The number of rotatable bonds is 15. The van der Waals surface area contributed by atoms with Crippen LogP contribution < -0.4 is 0 Å². The van der Waals surface area contributed by atoms with E-state index in [9.17, 15) is 9.59 Å². The molecule has 0 atom stereocenters. The van der Waals surface area contributed by atoms with E-state index in [2.05, 4.69) is 6.58 Å². The summed E-state index contributed by atoms with van der Waals surface area (Å²) >= 11 is 0. The van der Waals surface area contributed by atoms with Crippen molar-refractivity contribution in [3.8, 4) is 6.07 Å². The molecule has 0 aromatic carbocycles.